The zero-order chi connectivity index (χ0) is 21.7. The number of halogens is 1. The normalized spacial score (nSPS) is 15.9. The van der Waals surface area contributed by atoms with Gasteiger partial charge in [-0.2, -0.15) is 0 Å². The van der Waals surface area contributed by atoms with E-state index in [0.717, 1.165) is 55.7 Å². The highest BCUT2D eigenvalue weighted by molar-refractivity contribution is 5.79. The van der Waals surface area contributed by atoms with Gasteiger partial charge in [-0.05, 0) is 51.2 Å². The maximum absolute atomic E-state index is 15.0. The molecule has 0 radical (unpaired) electrons. The Bertz CT molecular complexity index is 1200. The van der Waals surface area contributed by atoms with Crippen LogP contribution in [-0.4, -0.2) is 45.4 Å². The van der Waals surface area contributed by atoms with Gasteiger partial charge in [0.1, 0.15) is 0 Å². The minimum atomic E-state index is -0.961. The summed E-state index contributed by atoms with van der Waals surface area (Å²) in [5.74, 6) is -0.256. The first-order valence-electron chi connectivity index (χ1n) is 10.7. The molecule has 5 rings (SSSR count). The lowest BCUT2D eigenvalue weighted by atomic mass is 9.91. The summed E-state index contributed by atoms with van der Waals surface area (Å²) in [5, 5.41) is 14.4. The third-order valence-electron chi connectivity index (χ3n) is 6.34. The lowest BCUT2D eigenvalue weighted by Crippen LogP contribution is -2.18. The van der Waals surface area contributed by atoms with E-state index in [-0.39, 0.29) is 6.42 Å². The van der Waals surface area contributed by atoms with Crippen molar-refractivity contribution in [2.75, 3.05) is 24.6 Å². The quantitative estimate of drug-likeness (QED) is 0.688. The molecule has 2 aliphatic heterocycles. The van der Waals surface area contributed by atoms with Crippen molar-refractivity contribution in [3.63, 3.8) is 0 Å². The second-order valence-corrected chi connectivity index (χ2v) is 8.35. The van der Waals surface area contributed by atoms with Gasteiger partial charge in [0.15, 0.2) is 23.0 Å². The third-order valence-corrected chi connectivity index (χ3v) is 6.34. The van der Waals surface area contributed by atoms with Crippen molar-refractivity contribution in [1.29, 1.82) is 0 Å². The summed E-state index contributed by atoms with van der Waals surface area (Å²) >= 11 is 0. The molecule has 1 N–H and O–H groups in total. The highest BCUT2D eigenvalue weighted by atomic mass is 19.1. The van der Waals surface area contributed by atoms with Crippen LogP contribution in [0.2, 0.25) is 0 Å². The number of carbonyl (C=O) groups is 1. The molecule has 2 aromatic heterocycles. The highest BCUT2D eigenvalue weighted by Crippen LogP contribution is 2.39. The first-order valence-corrected chi connectivity index (χ1v) is 10.7. The molecule has 4 heterocycles. The molecule has 0 spiro atoms. The van der Waals surface area contributed by atoms with E-state index in [2.05, 4.69) is 9.88 Å². The lowest BCUT2D eigenvalue weighted by molar-refractivity contribution is -0.136. The van der Waals surface area contributed by atoms with Crippen LogP contribution < -0.4 is 9.64 Å². The van der Waals surface area contributed by atoms with Crippen molar-refractivity contribution in [1.82, 2.24) is 14.6 Å². The lowest BCUT2D eigenvalue weighted by Gasteiger charge is -2.23. The standard InChI is InChI=1S/C23H25FN4O3/c1-13-15-6-5-9-31-23(15)18(24)10-16(13)22-17(11-21(29)30)14(2)25-19-12-20(26-28(19)22)27-7-3-4-8-27/h10,12H,3-9,11H2,1-2H3,(H,29,30). The van der Waals surface area contributed by atoms with Crippen LogP contribution in [0, 0.1) is 19.7 Å². The Kier molecular flexibility index (Phi) is 4.79. The molecule has 1 saturated heterocycles. The largest absolute Gasteiger partial charge is 0.490 e. The number of ether oxygens (including phenoxy) is 1. The van der Waals surface area contributed by atoms with Crippen molar-refractivity contribution in [2.24, 2.45) is 0 Å². The fourth-order valence-corrected chi connectivity index (χ4v) is 4.79. The molecule has 0 aliphatic carbocycles. The van der Waals surface area contributed by atoms with E-state index in [0.29, 0.717) is 40.5 Å². The van der Waals surface area contributed by atoms with Crippen LogP contribution in [0.4, 0.5) is 10.2 Å². The van der Waals surface area contributed by atoms with Crippen LogP contribution in [0.25, 0.3) is 16.9 Å². The topological polar surface area (TPSA) is 80.0 Å². The van der Waals surface area contributed by atoms with Crippen LogP contribution in [-0.2, 0) is 17.6 Å². The van der Waals surface area contributed by atoms with Crippen molar-refractivity contribution >= 4 is 17.4 Å². The van der Waals surface area contributed by atoms with Gasteiger partial charge in [-0.1, -0.05) is 0 Å². The summed E-state index contributed by atoms with van der Waals surface area (Å²) in [7, 11) is 0. The van der Waals surface area contributed by atoms with Crippen LogP contribution in [0.5, 0.6) is 5.75 Å². The van der Waals surface area contributed by atoms with Crippen LogP contribution in [0.1, 0.15) is 41.6 Å². The maximum atomic E-state index is 15.0. The zero-order valence-corrected chi connectivity index (χ0v) is 17.7. The number of aliphatic carboxylic acids is 1. The fraction of sp³-hybridized carbons (Fsp3) is 0.435. The van der Waals surface area contributed by atoms with Crippen molar-refractivity contribution in [3.05, 3.63) is 40.3 Å². The number of fused-ring (bicyclic) bond motifs is 2. The molecule has 2 aliphatic rings. The minimum absolute atomic E-state index is 0.211. The van der Waals surface area contributed by atoms with Crippen LogP contribution >= 0.6 is 0 Å². The molecule has 1 aromatic carbocycles. The van der Waals surface area contributed by atoms with Gasteiger partial charge < -0.3 is 14.7 Å². The van der Waals surface area contributed by atoms with Gasteiger partial charge >= 0.3 is 5.97 Å². The first-order chi connectivity index (χ1) is 14.9. The molecule has 1 fully saturated rings. The van der Waals surface area contributed by atoms with Gasteiger partial charge in [-0.3, -0.25) is 4.79 Å². The number of anilines is 1. The molecule has 0 saturated carbocycles. The predicted octanol–water partition coefficient (Wildman–Crippen LogP) is 3.70. The van der Waals surface area contributed by atoms with E-state index < -0.39 is 11.8 Å². The van der Waals surface area contributed by atoms with Gasteiger partial charge in [0, 0.05) is 41.5 Å². The summed E-state index contributed by atoms with van der Waals surface area (Å²) in [6, 6.07) is 3.38. The average molecular weight is 424 g/mol. The summed E-state index contributed by atoms with van der Waals surface area (Å²) in [6.07, 6.45) is 3.58. The Morgan fingerprint density at radius 1 is 1.23 bits per heavy atom. The number of carboxylic acid groups (broad SMARTS) is 1. The molecular formula is C23H25FN4O3. The molecular weight excluding hydrogens is 399 g/mol. The Morgan fingerprint density at radius 3 is 2.74 bits per heavy atom. The molecule has 0 atom stereocenters. The molecule has 0 unspecified atom stereocenters. The molecule has 162 valence electrons. The number of nitrogens with zero attached hydrogens (tertiary/aromatic N) is 4. The summed E-state index contributed by atoms with van der Waals surface area (Å²) < 4.78 is 22.3. The molecule has 3 aromatic rings. The Labute approximate surface area is 179 Å². The van der Waals surface area contributed by atoms with Gasteiger partial charge in [-0.25, -0.2) is 13.9 Å². The van der Waals surface area contributed by atoms with Crippen molar-refractivity contribution in [3.8, 4) is 17.0 Å². The number of aryl methyl sites for hydroxylation is 1. The number of rotatable bonds is 4. The van der Waals surface area contributed by atoms with Gasteiger partial charge in [0.25, 0.3) is 0 Å². The van der Waals surface area contributed by atoms with Crippen molar-refractivity contribution < 1.29 is 19.0 Å². The molecule has 0 amide bonds. The zero-order valence-electron chi connectivity index (χ0n) is 17.7. The van der Waals surface area contributed by atoms with Gasteiger partial charge in [0.05, 0.1) is 18.7 Å². The highest BCUT2D eigenvalue weighted by Gasteiger charge is 2.26. The number of hydrogen-bond donors (Lipinski definition) is 1. The number of hydrogen-bond acceptors (Lipinski definition) is 5. The van der Waals surface area contributed by atoms with Crippen LogP contribution in [0.15, 0.2) is 12.1 Å². The first kappa shape index (κ1) is 19.8. The smallest absolute Gasteiger partial charge is 0.307 e. The van der Waals surface area contributed by atoms with Gasteiger partial charge in [-0.15, -0.1) is 5.10 Å². The summed E-state index contributed by atoms with van der Waals surface area (Å²) in [6.45, 7) is 6.12. The second kappa shape index (κ2) is 7.51. The van der Waals surface area contributed by atoms with Crippen molar-refractivity contribution in [2.45, 2.75) is 46.0 Å². The third kappa shape index (κ3) is 3.30. The Hall–Kier alpha value is -3.16. The molecule has 7 nitrogen and oxygen atoms in total. The van der Waals surface area contributed by atoms with Gasteiger partial charge in [0.2, 0.25) is 0 Å². The summed E-state index contributed by atoms with van der Waals surface area (Å²) in [4.78, 5) is 18.5. The second-order valence-electron chi connectivity index (χ2n) is 8.35. The number of carboxylic acids is 1. The van der Waals surface area contributed by atoms with E-state index >= 15 is 4.39 Å². The maximum Gasteiger partial charge on any atom is 0.307 e. The van der Waals surface area contributed by atoms with E-state index in [1.165, 1.54) is 6.07 Å². The number of aromatic nitrogens is 3. The monoisotopic (exact) mass is 424 g/mol. The molecule has 0 bridgehead atoms. The Morgan fingerprint density at radius 2 is 2.00 bits per heavy atom. The molecule has 8 heteroatoms. The van der Waals surface area contributed by atoms with E-state index in [1.807, 2.05) is 13.0 Å². The predicted molar refractivity (Wildman–Crippen MR) is 114 cm³/mol. The summed E-state index contributed by atoms with van der Waals surface area (Å²) in [5.41, 5.74) is 4.79. The van der Waals surface area contributed by atoms with Crippen LogP contribution in [0.3, 0.4) is 0 Å². The minimum Gasteiger partial charge on any atom is -0.490 e. The molecule has 31 heavy (non-hydrogen) atoms. The van der Waals surface area contributed by atoms with E-state index in [1.54, 1.807) is 11.4 Å². The fourth-order valence-electron chi connectivity index (χ4n) is 4.79. The van der Waals surface area contributed by atoms with E-state index in [4.69, 9.17) is 9.84 Å². The van der Waals surface area contributed by atoms with E-state index in [9.17, 15) is 9.90 Å². The number of benzene rings is 1. The Balaban J connectivity index is 1.80. The SMILES string of the molecule is Cc1nc2cc(N3CCCC3)nn2c(-c2cc(F)c3c(c2C)CCCO3)c1CC(=O)O. The average Bonchev–Trinajstić information content (AvgIpc) is 3.41.